The molecule has 0 aromatic heterocycles. The lowest BCUT2D eigenvalue weighted by molar-refractivity contribution is -0.122. The van der Waals surface area contributed by atoms with Crippen molar-refractivity contribution in [3.8, 4) is 17.2 Å². The Morgan fingerprint density at radius 3 is 2.10 bits per heavy atom. The molecule has 1 unspecified atom stereocenters. The largest absolute Gasteiger partial charge is 0.493 e. The second-order valence-corrected chi connectivity index (χ2v) is 7.47. The molecule has 160 valence electrons. The maximum absolute atomic E-state index is 12.7. The Hall–Kier alpha value is -3.22. The van der Waals surface area contributed by atoms with Crippen LogP contribution >= 0.6 is 0 Å². The van der Waals surface area contributed by atoms with E-state index in [1.54, 1.807) is 19.1 Å². The first kappa shape index (κ1) is 21.5. The van der Waals surface area contributed by atoms with E-state index in [9.17, 15) is 9.59 Å². The minimum Gasteiger partial charge on any atom is -0.493 e. The fourth-order valence-corrected chi connectivity index (χ4v) is 3.48. The van der Waals surface area contributed by atoms with Crippen LogP contribution in [0, 0.1) is 0 Å². The molecule has 0 saturated heterocycles. The van der Waals surface area contributed by atoms with Gasteiger partial charge in [-0.3, -0.25) is 9.59 Å². The van der Waals surface area contributed by atoms with E-state index in [4.69, 9.17) is 14.2 Å². The molecule has 0 spiro atoms. The Kier molecular flexibility index (Phi) is 6.50. The molecule has 0 bridgehead atoms. The predicted molar refractivity (Wildman–Crippen MR) is 113 cm³/mol. The lowest BCUT2D eigenvalue weighted by atomic mass is 9.96. The molecule has 1 aliphatic rings. The van der Waals surface area contributed by atoms with E-state index in [1.165, 1.54) is 26.9 Å². The van der Waals surface area contributed by atoms with E-state index < -0.39 is 11.9 Å². The quantitative estimate of drug-likeness (QED) is 0.661. The Morgan fingerprint density at radius 1 is 1.00 bits per heavy atom. The first-order chi connectivity index (χ1) is 14.4. The van der Waals surface area contributed by atoms with Crippen molar-refractivity contribution in [2.75, 3.05) is 27.9 Å². The Morgan fingerprint density at radius 2 is 1.60 bits per heavy atom. The molecule has 1 fully saturated rings. The van der Waals surface area contributed by atoms with Crippen LogP contribution in [-0.2, 0) is 10.2 Å². The number of benzene rings is 2. The van der Waals surface area contributed by atoms with Crippen LogP contribution in [0.1, 0.15) is 35.7 Å². The summed E-state index contributed by atoms with van der Waals surface area (Å²) in [5.74, 6) is 0.521. The van der Waals surface area contributed by atoms with Crippen LogP contribution in [0.3, 0.4) is 0 Å². The molecule has 2 aromatic rings. The van der Waals surface area contributed by atoms with E-state index >= 15 is 0 Å². The lowest BCUT2D eigenvalue weighted by Gasteiger charge is -2.20. The van der Waals surface area contributed by atoms with E-state index in [0.717, 1.165) is 12.8 Å². The van der Waals surface area contributed by atoms with Gasteiger partial charge in [0.05, 0.1) is 21.3 Å². The molecule has 7 heteroatoms. The standard InChI is InChI=1S/C23H28N2O5/c1-15(21(26)24-14-23(10-11-23)17-8-6-5-7-9-17)25-22(27)16-12-18(28-2)20(30-4)19(13-16)29-3/h5-9,12-13,15H,10-11,14H2,1-4H3,(H,24,26)(H,25,27). The molecular weight excluding hydrogens is 384 g/mol. The highest BCUT2D eigenvalue weighted by molar-refractivity contribution is 5.98. The monoisotopic (exact) mass is 412 g/mol. The van der Waals surface area contributed by atoms with Crippen molar-refractivity contribution < 1.29 is 23.8 Å². The van der Waals surface area contributed by atoms with Crippen molar-refractivity contribution in [3.05, 3.63) is 53.6 Å². The summed E-state index contributed by atoms with van der Waals surface area (Å²) in [6.07, 6.45) is 2.09. The van der Waals surface area contributed by atoms with Gasteiger partial charge in [-0.25, -0.2) is 0 Å². The van der Waals surface area contributed by atoms with Gasteiger partial charge < -0.3 is 24.8 Å². The molecule has 0 heterocycles. The normalized spacial score (nSPS) is 14.9. The smallest absolute Gasteiger partial charge is 0.252 e. The van der Waals surface area contributed by atoms with Gasteiger partial charge in [0.15, 0.2) is 11.5 Å². The third kappa shape index (κ3) is 4.50. The first-order valence-electron chi connectivity index (χ1n) is 9.88. The molecule has 1 saturated carbocycles. The maximum Gasteiger partial charge on any atom is 0.252 e. The molecule has 1 atom stereocenters. The summed E-state index contributed by atoms with van der Waals surface area (Å²) in [6.45, 7) is 2.22. The molecule has 3 rings (SSSR count). The van der Waals surface area contributed by atoms with Crippen LogP contribution in [0.2, 0.25) is 0 Å². The van der Waals surface area contributed by atoms with E-state index in [1.807, 2.05) is 18.2 Å². The van der Waals surface area contributed by atoms with Gasteiger partial charge in [0.1, 0.15) is 6.04 Å². The zero-order chi connectivity index (χ0) is 21.7. The highest BCUT2D eigenvalue weighted by Gasteiger charge is 2.44. The van der Waals surface area contributed by atoms with Crippen molar-refractivity contribution in [1.29, 1.82) is 0 Å². The summed E-state index contributed by atoms with van der Waals surface area (Å²) >= 11 is 0. The van der Waals surface area contributed by atoms with Gasteiger partial charge in [-0.1, -0.05) is 30.3 Å². The molecular formula is C23H28N2O5. The number of carbonyl (C=O) groups is 2. The zero-order valence-electron chi connectivity index (χ0n) is 17.8. The van der Waals surface area contributed by atoms with Gasteiger partial charge in [-0.05, 0) is 37.5 Å². The molecule has 0 aliphatic heterocycles. The number of carbonyl (C=O) groups excluding carboxylic acids is 2. The molecule has 7 nitrogen and oxygen atoms in total. The zero-order valence-corrected chi connectivity index (χ0v) is 17.8. The van der Waals surface area contributed by atoms with E-state index in [2.05, 4.69) is 22.8 Å². The van der Waals surface area contributed by atoms with Crippen LogP contribution in [0.4, 0.5) is 0 Å². The van der Waals surface area contributed by atoms with Gasteiger partial charge in [-0.2, -0.15) is 0 Å². The molecule has 0 radical (unpaired) electrons. The second-order valence-electron chi connectivity index (χ2n) is 7.47. The minimum atomic E-state index is -0.692. The van der Waals surface area contributed by atoms with Crippen molar-refractivity contribution in [3.63, 3.8) is 0 Å². The molecule has 2 amide bonds. The summed E-state index contributed by atoms with van der Waals surface area (Å²) in [4.78, 5) is 25.3. The fourth-order valence-electron chi connectivity index (χ4n) is 3.48. The highest BCUT2D eigenvalue weighted by atomic mass is 16.5. The van der Waals surface area contributed by atoms with E-state index in [-0.39, 0.29) is 11.3 Å². The van der Waals surface area contributed by atoms with Gasteiger partial charge in [0.2, 0.25) is 11.7 Å². The average Bonchev–Trinajstić information content (AvgIpc) is 3.58. The van der Waals surface area contributed by atoms with Gasteiger partial charge >= 0.3 is 0 Å². The number of rotatable bonds is 9. The number of methoxy groups -OCH3 is 3. The average molecular weight is 412 g/mol. The number of amides is 2. The summed E-state index contributed by atoms with van der Waals surface area (Å²) in [5.41, 5.74) is 1.56. The van der Waals surface area contributed by atoms with Crippen molar-refractivity contribution in [2.24, 2.45) is 0 Å². The third-order valence-electron chi connectivity index (χ3n) is 5.51. The number of hydrogen-bond acceptors (Lipinski definition) is 5. The molecule has 2 N–H and O–H groups in total. The topological polar surface area (TPSA) is 85.9 Å². The third-order valence-corrected chi connectivity index (χ3v) is 5.51. The number of ether oxygens (including phenoxy) is 3. The van der Waals surface area contributed by atoms with Crippen LogP contribution in [0.15, 0.2) is 42.5 Å². The molecule has 2 aromatic carbocycles. The van der Waals surface area contributed by atoms with Gasteiger partial charge in [-0.15, -0.1) is 0 Å². The van der Waals surface area contributed by atoms with Crippen molar-refractivity contribution >= 4 is 11.8 Å². The second kappa shape index (κ2) is 9.07. The summed E-state index contributed by atoms with van der Waals surface area (Å²) in [7, 11) is 4.46. The van der Waals surface area contributed by atoms with Gasteiger partial charge in [0.25, 0.3) is 5.91 Å². The van der Waals surface area contributed by atoms with Crippen molar-refractivity contribution in [1.82, 2.24) is 10.6 Å². The van der Waals surface area contributed by atoms with E-state index in [0.29, 0.717) is 29.4 Å². The highest BCUT2D eigenvalue weighted by Crippen LogP contribution is 2.47. The SMILES string of the molecule is COc1cc(C(=O)NC(C)C(=O)NCC2(c3ccccc3)CC2)cc(OC)c1OC. The predicted octanol–water partition coefficient (Wildman–Crippen LogP) is 2.68. The summed E-state index contributed by atoms with van der Waals surface area (Å²) < 4.78 is 15.8. The fraction of sp³-hybridized carbons (Fsp3) is 0.391. The number of nitrogens with one attached hydrogen (secondary N) is 2. The Labute approximate surface area is 176 Å². The van der Waals surface area contributed by atoms with Crippen LogP contribution in [0.25, 0.3) is 0 Å². The maximum atomic E-state index is 12.7. The first-order valence-corrected chi connectivity index (χ1v) is 9.88. The summed E-state index contributed by atoms with van der Waals surface area (Å²) in [6, 6.07) is 12.6. The van der Waals surface area contributed by atoms with Crippen LogP contribution in [0.5, 0.6) is 17.2 Å². The van der Waals surface area contributed by atoms with Gasteiger partial charge in [0, 0.05) is 17.5 Å². The van der Waals surface area contributed by atoms with Crippen LogP contribution < -0.4 is 24.8 Å². The van der Waals surface area contributed by atoms with Crippen LogP contribution in [-0.4, -0.2) is 45.7 Å². The molecule has 1 aliphatic carbocycles. The summed E-state index contributed by atoms with van der Waals surface area (Å²) in [5, 5.41) is 5.71. The minimum absolute atomic E-state index is 0.0113. The Balaban J connectivity index is 1.62. The lowest BCUT2D eigenvalue weighted by Crippen LogP contribution is -2.46. The number of hydrogen-bond donors (Lipinski definition) is 2. The Bertz CT molecular complexity index is 884. The molecule has 30 heavy (non-hydrogen) atoms. The van der Waals surface area contributed by atoms with Crippen molar-refractivity contribution in [2.45, 2.75) is 31.2 Å².